The van der Waals surface area contributed by atoms with E-state index >= 15 is 0 Å². The fourth-order valence-corrected chi connectivity index (χ4v) is 4.65. The smallest absolute Gasteiger partial charge is 0.251 e. The van der Waals surface area contributed by atoms with E-state index in [-0.39, 0.29) is 12.0 Å². The maximum Gasteiger partial charge on any atom is 0.251 e. The fourth-order valence-electron chi connectivity index (χ4n) is 4.65. The minimum atomic E-state index is -1.51. The van der Waals surface area contributed by atoms with Crippen LogP contribution in [-0.2, 0) is 19.2 Å². The first kappa shape index (κ1) is 33.8. The molecule has 1 heterocycles. The third-order valence-electron chi connectivity index (χ3n) is 6.82. The Labute approximate surface area is 229 Å². The zero-order valence-electron chi connectivity index (χ0n) is 24.1. The van der Waals surface area contributed by atoms with Crippen LogP contribution in [0.5, 0.6) is 0 Å². The normalized spacial score (nSPS) is 23.8. The predicted molar refractivity (Wildman–Crippen MR) is 149 cm³/mol. The SMILES string of the molecule is CCCCCCCCCC[C@H]1NC(=O)[C@H](CC(C)(C)C)NC(=O)[C@H](CCCCN)NC(=O)CNC(=O)[C@H]1O. The average molecular weight is 540 g/mol. The van der Waals surface area contributed by atoms with Crippen LogP contribution < -0.4 is 27.0 Å². The molecule has 0 aliphatic carbocycles. The second-order valence-corrected chi connectivity index (χ2v) is 11.8. The monoisotopic (exact) mass is 539 g/mol. The van der Waals surface area contributed by atoms with E-state index < -0.39 is 47.9 Å². The Kier molecular flexibility index (Phi) is 16.2. The van der Waals surface area contributed by atoms with E-state index in [1.807, 2.05) is 20.8 Å². The highest BCUT2D eigenvalue weighted by Crippen LogP contribution is 2.22. The molecule has 0 aromatic heterocycles. The first-order valence-electron chi connectivity index (χ1n) is 14.5. The van der Waals surface area contributed by atoms with Crippen molar-refractivity contribution in [3.8, 4) is 0 Å². The lowest BCUT2D eigenvalue weighted by molar-refractivity contribution is -0.135. The number of aliphatic hydroxyl groups excluding tert-OH is 1. The Morgan fingerprint density at radius 3 is 1.95 bits per heavy atom. The third kappa shape index (κ3) is 14.1. The molecule has 1 saturated heterocycles. The summed E-state index contributed by atoms with van der Waals surface area (Å²) in [6.45, 7) is 8.18. The largest absolute Gasteiger partial charge is 0.381 e. The Hall–Kier alpha value is -2.20. The van der Waals surface area contributed by atoms with E-state index in [9.17, 15) is 24.3 Å². The van der Waals surface area contributed by atoms with Crippen LogP contribution in [0.1, 0.15) is 111 Å². The maximum absolute atomic E-state index is 13.4. The molecule has 0 spiro atoms. The van der Waals surface area contributed by atoms with Crippen LogP contribution in [0.25, 0.3) is 0 Å². The minimum absolute atomic E-state index is 0.287. The molecule has 10 heteroatoms. The molecule has 1 aliphatic heterocycles. The predicted octanol–water partition coefficient (Wildman–Crippen LogP) is 2.03. The van der Waals surface area contributed by atoms with Gasteiger partial charge in [-0.2, -0.15) is 0 Å². The van der Waals surface area contributed by atoms with Gasteiger partial charge in [-0.1, -0.05) is 79.1 Å². The Bertz CT molecular complexity index is 740. The first-order chi connectivity index (χ1) is 18.0. The summed E-state index contributed by atoms with van der Waals surface area (Å²) in [5, 5.41) is 21.6. The molecule has 0 unspecified atom stereocenters. The van der Waals surface area contributed by atoms with Gasteiger partial charge >= 0.3 is 0 Å². The topological polar surface area (TPSA) is 163 Å². The second-order valence-electron chi connectivity index (χ2n) is 11.8. The molecule has 0 saturated carbocycles. The summed E-state index contributed by atoms with van der Waals surface area (Å²) in [5.74, 6) is -2.17. The summed E-state index contributed by atoms with van der Waals surface area (Å²) in [4.78, 5) is 51.8. The van der Waals surface area contributed by atoms with E-state index in [4.69, 9.17) is 5.73 Å². The van der Waals surface area contributed by atoms with Gasteiger partial charge in [-0.15, -0.1) is 0 Å². The van der Waals surface area contributed by atoms with Gasteiger partial charge in [0.15, 0.2) is 6.10 Å². The number of rotatable bonds is 14. The molecule has 220 valence electrons. The first-order valence-corrected chi connectivity index (χ1v) is 14.5. The van der Waals surface area contributed by atoms with Crippen molar-refractivity contribution < 1.29 is 24.3 Å². The minimum Gasteiger partial charge on any atom is -0.381 e. The Balaban J connectivity index is 3.02. The number of unbranched alkanes of at least 4 members (excludes halogenated alkanes) is 8. The van der Waals surface area contributed by atoms with E-state index in [0.29, 0.717) is 38.6 Å². The molecular weight excluding hydrogens is 486 g/mol. The highest BCUT2D eigenvalue weighted by atomic mass is 16.3. The van der Waals surface area contributed by atoms with Crippen molar-refractivity contribution in [2.45, 2.75) is 135 Å². The van der Waals surface area contributed by atoms with Crippen molar-refractivity contribution in [2.24, 2.45) is 11.1 Å². The summed E-state index contributed by atoms with van der Waals surface area (Å²) < 4.78 is 0. The van der Waals surface area contributed by atoms with E-state index in [1.54, 1.807) is 0 Å². The number of aliphatic hydroxyl groups is 1. The average Bonchev–Trinajstić information content (AvgIpc) is 2.85. The van der Waals surface area contributed by atoms with Crippen LogP contribution in [0.3, 0.4) is 0 Å². The number of carbonyl (C=O) groups is 4. The van der Waals surface area contributed by atoms with Crippen molar-refractivity contribution >= 4 is 23.6 Å². The standard InChI is InChI=1S/C28H53N5O5/c1-5-6-7-8-9-10-11-12-15-20-24(35)27(38)30-19-23(34)31-21(16-13-14-17-29)25(36)33-22(26(37)32-20)18-28(2,3)4/h20-22,24,35H,5-19,29H2,1-4H3,(H,30,38)(H,31,34)(H,32,37)(H,33,36)/t20-,21+,22+,24+/m1/s1. The molecule has 38 heavy (non-hydrogen) atoms. The number of hydrogen-bond acceptors (Lipinski definition) is 6. The number of nitrogens with one attached hydrogen (secondary N) is 4. The Morgan fingerprint density at radius 2 is 1.34 bits per heavy atom. The van der Waals surface area contributed by atoms with E-state index in [1.165, 1.54) is 25.7 Å². The number of nitrogens with two attached hydrogens (primary N) is 1. The van der Waals surface area contributed by atoms with Crippen LogP contribution in [-0.4, -0.2) is 66.1 Å². The molecule has 4 amide bonds. The lowest BCUT2D eigenvalue weighted by atomic mass is 9.87. The van der Waals surface area contributed by atoms with Crippen LogP contribution in [0.4, 0.5) is 0 Å². The van der Waals surface area contributed by atoms with Crippen molar-refractivity contribution in [1.82, 2.24) is 21.3 Å². The summed E-state index contributed by atoms with van der Waals surface area (Å²) in [7, 11) is 0. The lowest BCUT2D eigenvalue weighted by Crippen LogP contribution is -2.57. The van der Waals surface area contributed by atoms with Crippen molar-refractivity contribution in [1.29, 1.82) is 0 Å². The second kappa shape index (κ2) is 18.2. The van der Waals surface area contributed by atoms with Crippen molar-refractivity contribution in [3.05, 3.63) is 0 Å². The van der Waals surface area contributed by atoms with Gasteiger partial charge in [0, 0.05) is 0 Å². The molecule has 1 aliphatic rings. The quantitative estimate of drug-likeness (QED) is 0.185. The van der Waals surface area contributed by atoms with E-state index in [2.05, 4.69) is 28.2 Å². The molecule has 1 fully saturated rings. The summed E-state index contributed by atoms with van der Waals surface area (Å²) in [6, 6.07) is -2.57. The molecule has 0 aromatic rings. The number of hydrogen-bond donors (Lipinski definition) is 6. The van der Waals surface area contributed by atoms with Crippen molar-refractivity contribution in [3.63, 3.8) is 0 Å². The molecule has 7 N–H and O–H groups in total. The number of amides is 4. The lowest BCUT2D eigenvalue weighted by Gasteiger charge is -2.30. The van der Waals surface area contributed by atoms with Crippen LogP contribution >= 0.6 is 0 Å². The van der Waals surface area contributed by atoms with Gasteiger partial charge in [-0.3, -0.25) is 19.2 Å². The van der Waals surface area contributed by atoms with E-state index in [0.717, 1.165) is 25.7 Å². The zero-order valence-corrected chi connectivity index (χ0v) is 24.1. The van der Waals surface area contributed by atoms with Crippen LogP contribution in [0.2, 0.25) is 0 Å². The van der Waals surface area contributed by atoms with Crippen LogP contribution in [0, 0.1) is 5.41 Å². The molecule has 0 bridgehead atoms. The highest BCUT2D eigenvalue weighted by molar-refractivity contribution is 5.94. The summed E-state index contributed by atoms with van der Waals surface area (Å²) in [6.07, 6.45) is 9.67. The van der Waals surface area contributed by atoms with Crippen LogP contribution in [0.15, 0.2) is 0 Å². The molecule has 1 rings (SSSR count). The molecule has 10 nitrogen and oxygen atoms in total. The molecule has 4 atom stereocenters. The number of carbonyl (C=O) groups excluding carboxylic acids is 4. The van der Waals surface area contributed by atoms with Gasteiger partial charge in [0.05, 0.1) is 12.6 Å². The molecular formula is C28H53N5O5. The fraction of sp³-hybridized carbons (Fsp3) is 0.857. The van der Waals surface area contributed by atoms with Gasteiger partial charge in [0.25, 0.3) is 5.91 Å². The third-order valence-corrected chi connectivity index (χ3v) is 6.82. The zero-order chi connectivity index (χ0) is 28.6. The summed E-state index contributed by atoms with van der Waals surface area (Å²) >= 11 is 0. The molecule has 0 radical (unpaired) electrons. The van der Waals surface area contributed by atoms with Gasteiger partial charge < -0.3 is 32.1 Å². The maximum atomic E-state index is 13.4. The molecule has 0 aromatic carbocycles. The summed E-state index contributed by atoms with van der Waals surface area (Å²) in [5.41, 5.74) is 5.29. The van der Waals surface area contributed by atoms with Gasteiger partial charge in [0.2, 0.25) is 17.7 Å². The van der Waals surface area contributed by atoms with Gasteiger partial charge in [-0.25, -0.2) is 0 Å². The van der Waals surface area contributed by atoms with Gasteiger partial charge in [0.1, 0.15) is 12.1 Å². The van der Waals surface area contributed by atoms with Crippen molar-refractivity contribution in [2.75, 3.05) is 13.1 Å². The van der Waals surface area contributed by atoms with Gasteiger partial charge in [-0.05, 0) is 44.1 Å². The highest BCUT2D eigenvalue weighted by Gasteiger charge is 2.34. The Morgan fingerprint density at radius 1 is 0.763 bits per heavy atom.